The summed E-state index contributed by atoms with van der Waals surface area (Å²) in [5, 5.41) is 2.84. The number of ether oxygens (including phenoxy) is 1. The summed E-state index contributed by atoms with van der Waals surface area (Å²) < 4.78 is 6.20. The molecule has 3 aromatic rings. The van der Waals surface area contributed by atoms with Gasteiger partial charge in [-0.2, -0.15) is 0 Å². The van der Waals surface area contributed by atoms with E-state index in [0.29, 0.717) is 33.7 Å². The third-order valence-corrected chi connectivity index (χ3v) is 5.32. The largest absolute Gasteiger partial charge is 0.496 e. The van der Waals surface area contributed by atoms with Crippen molar-refractivity contribution in [2.75, 3.05) is 12.4 Å². The van der Waals surface area contributed by atoms with Gasteiger partial charge in [-0.15, -0.1) is 0 Å². The molecule has 1 aliphatic rings. The molecule has 0 spiro atoms. The maximum Gasteiger partial charge on any atom is 0.261 e. The predicted octanol–water partition coefficient (Wildman–Crippen LogP) is 4.51. The van der Waals surface area contributed by atoms with E-state index < -0.39 is 0 Å². The molecule has 7 heteroatoms. The van der Waals surface area contributed by atoms with Crippen LogP contribution in [0.15, 0.2) is 71.2 Å². The third-order valence-electron chi connectivity index (χ3n) is 4.83. The maximum absolute atomic E-state index is 12.7. The molecule has 0 atom stereocenters. The summed E-state index contributed by atoms with van der Waals surface area (Å²) in [6.45, 7) is 0.0378. The number of fused-ring (bicyclic) bond motifs is 1. The molecule has 0 aromatic heterocycles. The Hall–Kier alpha value is -3.45. The fourth-order valence-corrected chi connectivity index (χ4v) is 3.77. The van der Waals surface area contributed by atoms with Gasteiger partial charge >= 0.3 is 0 Å². The van der Waals surface area contributed by atoms with Gasteiger partial charge in [0.2, 0.25) is 0 Å². The lowest BCUT2D eigenvalue weighted by molar-refractivity contribution is 0.0641. The number of hydrogen-bond acceptors (Lipinski definition) is 4. The summed E-state index contributed by atoms with van der Waals surface area (Å²) >= 11 is 3.35. The molecular weight excluding hydrogens is 448 g/mol. The van der Waals surface area contributed by atoms with Crippen molar-refractivity contribution < 1.29 is 19.1 Å². The van der Waals surface area contributed by atoms with Gasteiger partial charge in [0, 0.05) is 21.3 Å². The zero-order valence-electron chi connectivity index (χ0n) is 16.0. The van der Waals surface area contributed by atoms with Gasteiger partial charge in [0.25, 0.3) is 17.7 Å². The Morgan fingerprint density at radius 2 is 1.67 bits per heavy atom. The van der Waals surface area contributed by atoms with Crippen LogP contribution in [-0.4, -0.2) is 29.7 Å². The average Bonchev–Trinajstić information content (AvgIpc) is 2.99. The van der Waals surface area contributed by atoms with Crippen molar-refractivity contribution in [3.63, 3.8) is 0 Å². The smallest absolute Gasteiger partial charge is 0.261 e. The highest BCUT2D eigenvalue weighted by atomic mass is 79.9. The molecular formula is C23H17BrN2O4. The number of carbonyl (C=O) groups is 3. The van der Waals surface area contributed by atoms with Crippen molar-refractivity contribution >= 4 is 39.3 Å². The molecule has 30 heavy (non-hydrogen) atoms. The first-order valence-electron chi connectivity index (χ1n) is 9.17. The van der Waals surface area contributed by atoms with Crippen LogP contribution >= 0.6 is 15.9 Å². The minimum Gasteiger partial charge on any atom is -0.496 e. The van der Waals surface area contributed by atoms with E-state index in [9.17, 15) is 14.4 Å². The summed E-state index contributed by atoms with van der Waals surface area (Å²) in [6, 6.07) is 18.9. The van der Waals surface area contributed by atoms with Crippen LogP contribution in [0.25, 0.3) is 0 Å². The number of nitrogens with zero attached hydrogens (tertiary/aromatic N) is 1. The van der Waals surface area contributed by atoms with Crippen molar-refractivity contribution in [2.45, 2.75) is 6.54 Å². The molecule has 3 amide bonds. The zero-order valence-corrected chi connectivity index (χ0v) is 17.6. The summed E-state index contributed by atoms with van der Waals surface area (Å²) in [6.07, 6.45) is 0. The lowest BCUT2D eigenvalue weighted by Gasteiger charge is -2.17. The van der Waals surface area contributed by atoms with Gasteiger partial charge in [-0.1, -0.05) is 34.1 Å². The summed E-state index contributed by atoms with van der Waals surface area (Å²) in [7, 11) is 1.51. The standard InChI is InChI=1S/C23H17BrN2O4/c1-30-20-10-9-17(25-21(27)14-5-4-6-16(24)11-14)12-15(20)13-26-22(28)18-7-2-3-8-19(18)23(26)29/h2-12H,13H2,1H3,(H,25,27). The zero-order chi connectivity index (χ0) is 21.3. The average molecular weight is 465 g/mol. The molecule has 0 fully saturated rings. The molecule has 1 N–H and O–H groups in total. The minimum absolute atomic E-state index is 0.0378. The Morgan fingerprint density at radius 3 is 2.30 bits per heavy atom. The maximum atomic E-state index is 12.7. The van der Waals surface area contributed by atoms with Crippen molar-refractivity contribution in [1.82, 2.24) is 4.90 Å². The van der Waals surface area contributed by atoms with Crippen molar-refractivity contribution in [2.24, 2.45) is 0 Å². The Kier molecular flexibility index (Phi) is 5.37. The number of carbonyl (C=O) groups excluding carboxylic acids is 3. The number of hydrogen-bond donors (Lipinski definition) is 1. The third kappa shape index (κ3) is 3.71. The first-order chi connectivity index (χ1) is 14.5. The van der Waals surface area contributed by atoms with E-state index >= 15 is 0 Å². The van der Waals surface area contributed by atoms with Gasteiger partial charge in [0.15, 0.2) is 0 Å². The number of rotatable bonds is 5. The molecule has 150 valence electrons. The topological polar surface area (TPSA) is 75.7 Å². The van der Waals surface area contributed by atoms with Crippen molar-refractivity contribution in [1.29, 1.82) is 0 Å². The molecule has 1 aliphatic heterocycles. The Balaban J connectivity index is 1.59. The summed E-state index contributed by atoms with van der Waals surface area (Å²) in [5.41, 5.74) is 2.43. The van der Waals surface area contributed by atoms with Gasteiger partial charge in [-0.25, -0.2) is 0 Å². The number of benzene rings is 3. The number of halogens is 1. The van der Waals surface area contributed by atoms with Gasteiger partial charge < -0.3 is 10.1 Å². The monoisotopic (exact) mass is 464 g/mol. The van der Waals surface area contributed by atoms with Crippen LogP contribution < -0.4 is 10.1 Å². The van der Waals surface area contributed by atoms with E-state index in [2.05, 4.69) is 21.2 Å². The molecule has 3 aromatic carbocycles. The van der Waals surface area contributed by atoms with Gasteiger partial charge in [0.1, 0.15) is 5.75 Å². The Morgan fingerprint density at radius 1 is 0.967 bits per heavy atom. The Labute approximate surface area is 181 Å². The second-order valence-electron chi connectivity index (χ2n) is 6.73. The van der Waals surface area contributed by atoms with Crippen molar-refractivity contribution in [3.8, 4) is 5.75 Å². The van der Waals surface area contributed by atoms with Crippen LogP contribution in [0.1, 0.15) is 36.6 Å². The molecule has 0 saturated heterocycles. The van der Waals surface area contributed by atoms with Crippen LogP contribution in [0.2, 0.25) is 0 Å². The van der Waals surface area contributed by atoms with E-state index in [1.165, 1.54) is 12.0 Å². The second-order valence-corrected chi connectivity index (χ2v) is 7.65. The first kappa shape index (κ1) is 19.8. The minimum atomic E-state index is -0.346. The highest BCUT2D eigenvalue weighted by molar-refractivity contribution is 9.10. The van der Waals surface area contributed by atoms with Crippen LogP contribution in [-0.2, 0) is 6.54 Å². The SMILES string of the molecule is COc1ccc(NC(=O)c2cccc(Br)c2)cc1CN1C(=O)c2ccccc2C1=O. The van der Waals surface area contributed by atoms with E-state index in [1.54, 1.807) is 60.7 Å². The highest BCUT2D eigenvalue weighted by Crippen LogP contribution is 2.29. The molecule has 4 rings (SSSR count). The van der Waals surface area contributed by atoms with E-state index in [-0.39, 0.29) is 24.3 Å². The quantitative estimate of drug-likeness (QED) is 0.563. The molecule has 0 radical (unpaired) electrons. The second kappa shape index (κ2) is 8.12. The summed E-state index contributed by atoms with van der Waals surface area (Å²) in [4.78, 5) is 39.1. The Bertz CT molecular complexity index is 1140. The number of methoxy groups -OCH3 is 1. The van der Waals surface area contributed by atoms with Gasteiger partial charge in [-0.05, 0) is 48.5 Å². The van der Waals surface area contributed by atoms with Crippen LogP contribution in [0.4, 0.5) is 5.69 Å². The van der Waals surface area contributed by atoms with Crippen LogP contribution in [0, 0.1) is 0 Å². The van der Waals surface area contributed by atoms with Gasteiger partial charge in [-0.3, -0.25) is 19.3 Å². The lowest BCUT2D eigenvalue weighted by atomic mass is 10.1. The first-order valence-corrected chi connectivity index (χ1v) is 9.96. The van der Waals surface area contributed by atoms with Crippen molar-refractivity contribution in [3.05, 3.63) is 93.5 Å². The van der Waals surface area contributed by atoms with Crippen LogP contribution in [0.5, 0.6) is 5.75 Å². The molecule has 1 heterocycles. The summed E-state index contributed by atoms with van der Waals surface area (Å²) in [5.74, 6) is -0.442. The van der Waals surface area contributed by atoms with E-state index in [0.717, 1.165) is 4.47 Å². The normalized spacial score (nSPS) is 12.7. The molecule has 0 saturated carbocycles. The van der Waals surface area contributed by atoms with E-state index in [1.807, 2.05) is 6.07 Å². The fourth-order valence-electron chi connectivity index (χ4n) is 3.37. The number of nitrogens with one attached hydrogen (secondary N) is 1. The number of imide groups is 1. The number of anilines is 1. The van der Waals surface area contributed by atoms with E-state index in [4.69, 9.17) is 4.74 Å². The van der Waals surface area contributed by atoms with Gasteiger partial charge in [0.05, 0.1) is 24.8 Å². The fraction of sp³-hybridized carbons (Fsp3) is 0.0870. The predicted molar refractivity (Wildman–Crippen MR) is 116 cm³/mol. The van der Waals surface area contributed by atoms with Crippen LogP contribution in [0.3, 0.4) is 0 Å². The molecule has 0 unspecified atom stereocenters. The molecule has 0 bridgehead atoms. The molecule has 6 nitrogen and oxygen atoms in total. The highest BCUT2D eigenvalue weighted by Gasteiger charge is 2.35. The number of amides is 3. The molecule has 0 aliphatic carbocycles. The lowest BCUT2D eigenvalue weighted by Crippen LogP contribution is -2.29.